The highest BCUT2D eigenvalue weighted by Crippen LogP contribution is 2.45. The number of nitrogens with two attached hydrogens (primary N) is 1. The molecular formula is C12H15F2NO2. The zero-order valence-corrected chi connectivity index (χ0v) is 9.34. The summed E-state index contributed by atoms with van der Waals surface area (Å²) in [6.45, 7) is 0.101. The Morgan fingerprint density at radius 2 is 1.59 bits per heavy atom. The fraction of sp³-hybridized carbons (Fsp3) is 0.500. The van der Waals surface area contributed by atoms with E-state index in [1.165, 1.54) is 0 Å². The molecule has 94 valence electrons. The first kappa shape index (κ1) is 12.1. The first-order valence-corrected chi connectivity index (χ1v) is 5.62. The molecule has 3 nitrogen and oxygen atoms in total. The van der Waals surface area contributed by atoms with E-state index < -0.39 is 28.5 Å². The van der Waals surface area contributed by atoms with E-state index >= 15 is 0 Å². The van der Waals surface area contributed by atoms with Crippen molar-refractivity contribution in [3.8, 4) is 11.5 Å². The first-order valence-electron chi connectivity index (χ1n) is 5.62. The largest absolute Gasteiger partial charge is 0.505 e. The maximum Gasteiger partial charge on any atom is 0.171 e. The zero-order valence-electron chi connectivity index (χ0n) is 9.34. The van der Waals surface area contributed by atoms with Crippen molar-refractivity contribution in [3.05, 3.63) is 23.3 Å². The maximum atomic E-state index is 13.9. The van der Waals surface area contributed by atoms with Gasteiger partial charge in [0.1, 0.15) is 0 Å². The van der Waals surface area contributed by atoms with Gasteiger partial charge in [-0.3, -0.25) is 0 Å². The molecule has 1 saturated carbocycles. The van der Waals surface area contributed by atoms with Gasteiger partial charge < -0.3 is 15.9 Å². The number of rotatable bonds is 2. The zero-order chi connectivity index (χ0) is 12.6. The molecule has 0 bridgehead atoms. The number of phenolic OH excluding ortho intramolecular Hbond substituents is 2. The van der Waals surface area contributed by atoms with E-state index in [0.29, 0.717) is 18.9 Å². The SMILES string of the molecule is NCC1(c2c(F)c(O)cc(O)c2F)CCCC1. The molecule has 2 rings (SSSR count). The van der Waals surface area contributed by atoms with Crippen LogP contribution in [0.1, 0.15) is 31.2 Å². The van der Waals surface area contributed by atoms with Gasteiger partial charge in [0.15, 0.2) is 23.1 Å². The Morgan fingerprint density at radius 1 is 1.12 bits per heavy atom. The number of benzene rings is 1. The highest BCUT2D eigenvalue weighted by atomic mass is 19.1. The second kappa shape index (κ2) is 4.14. The van der Waals surface area contributed by atoms with Crippen LogP contribution in [0.5, 0.6) is 11.5 Å². The van der Waals surface area contributed by atoms with Crippen molar-refractivity contribution in [1.82, 2.24) is 0 Å². The van der Waals surface area contributed by atoms with E-state index in [-0.39, 0.29) is 12.1 Å². The third kappa shape index (κ3) is 1.74. The Morgan fingerprint density at radius 3 is 2.00 bits per heavy atom. The van der Waals surface area contributed by atoms with Gasteiger partial charge in [-0.25, -0.2) is 8.78 Å². The molecule has 5 heteroatoms. The summed E-state index contributed by atoms with van der Waals surface area (Å²) in [5.41, 5.74) is 4.57. The van der Waals surface area contributed by atoms with Gasteiger partial charge in [-0.05, 0) is 12.8 Å². The fourth-order valence-corrected chi connectivity index (χ4v) is 2.68. The number of halogens is 2. The van der Waals surface area contributed by atoms with Crippen molar-refractivity contribution >= 4 is 0 Å². The van der Waals surface area contributed by atoms with E-state index in [2.05, 4.69) is 0 Å². The van der Waals surface area contributed by atoms with Gasteiger partial charge in [0.25, 0.3) is 0 Å². The lowest BCUT2D eigenvalue weighted by Gasteiger charge is -2.29. The lowest BCUT2D eigenvalue weighted by atomic mass is 9.78. The van der Waals surface area contributed by atoms with Crippen molar-refractivity contribution in [2.45, 2.75) is 31.1 Å². The molecule has 0 saturated heterocycles. The second-order valence-corrected chi connectivity index (χ2v) is 4.61. The van der Waals surface area contributed by atoms with E-state index in [9.17, 15) is 19.0 Å². The van der Waals surface area contributed by atoms with E-state index in [1.807, 2.05) is 0 Å². The van der Waals surface area contributed by atoms with Crippen molar-refractivity contribution in [1.29, 1.82) is 0 Å². The van der Waals surface area contributed by atoms with Gasteiger partial charge in [0, 0.05) is 23.6 Å². The molecule has 1 aromatic rings. The minimum atomic E-state index is -1.01. The van der Waals surface area contributed by atoms with E-state index in [1.54, 1.807) is 0 Å². The summed E-state index contributed by atoms with van der Waals surface area (Å²) in [6, 6.07) is 0.674. The molecule has 0 aliphatic heterocycles. The predicted octanol–water partition coefficient (Wildman–Crippen LogP) is 2.15. The minimum absolute atomic E-state index is 0.101. The van der Waals surface area contributed by atoms with Gasteiger partial charge >= 0.3 is 0 Å². The smallest absolute Gasteiger partial charge is 0.171 e. The molecule has 0 aromatic heterocycles. The summed E-state index contributed by atoms with van der Waals surface area (Å²) in [4.78, 5) is 0. The van der Waals surface area contributed by atoms with Crippen molar-refractivity contribution in [3.63, 3.8) is 0 Å². The van der Waals surface area contributed by atoms with Crippen LogP contribution in [-0.4, -0.2) is 16.8 Å². The highest BCUT2D eigenvalue weighted by Gasteiger charge is 2.40. The summed E-state index contributed by atoms with van der Waals surface area (Å²) in [6.07, 6.45) is 2.82. The van der Waals surface area contributed by atoms with Crippen LogP contribution in [0.15, 0.2) is 6.07 Å². The molecule has 0 spiro atoms. The van der Waals surface area contributed by atoms with Crippen molar-refractivity contribution in [2.24, 2.45) is 5.73 Å². The monoisotopic (exact) mass is 243 g/mol. The quantitative estimate of drug-likeness (QED) is 0.745. The third-order valence-corrected chi connectivity index (χ3v) is 3.64. The van der Waals surface area contributed by atoms with Crippen LogP contribution in [-0.2, 0) is 5.41 Å². The van der Waals surface area contributed by atoms with Gasteiger partial charge in [-0.15, -0.1) is 0 Å². The molecule has 0 heterocycles. The van der Waals surface area contributed by atoms with E-state index in [4.69, 9.17) is 5.73 Å². The first-order chi connectivity index (χ1) is 8.02. The lowest BCUT2D eigenvalue weighted by Crippen LogP contribution is -2.34. The number of phenols is 2. The molecule has 4 N–H and O–H groups in total. The van der Waals surface area contributed by atoms with Gasteiger partial charge in [-0.2, -0.15) is 0 Å². The molecule has 0 atom stereocenters. The second-order valence-electron chi connectivity index (χ2n) is 4.61. The average Bonchev–Trinajstić information content (AvgIpc) is 2.77. The predicted molar refractivity (Wildman–Crippen MR) is 58.9 cm³/mol. The Bertz CT molecular complexity index is 416. The van der Waals surface area contributed by atoms with Crippen LogP contribution in [0.3, 0.4) is 0 Å². The van der Waals surface area contributed by atoms with Crippen LogP contribution in [0.4, 0.5) is 8.78 Å². The minimum Gasteiger partial charge on any atom is -0.505 e. The standard InChI is InChI=1S/C12H15F2NO2/c13-10-7(16)5-8(17)11(14)9(10)12(6-15)3-1-2-4-12/h5,16-17H,1-4,6,15H2. The number of aromatic hydroxyl groups is 2. The van der Waals surface area contributed by atoms with Gasteiger partial charge in [0.05, 0.1) is 0 Å². The molecule has 1 aliphatic rings. The summed E-state index contributed by atoms with van der Waals surface area (Å²) in [5, 5.41) is 18.7. The fourth-order valence-electron chi connectivity index (χ4n) is 2.68. The molecule has 17 heavy (non-hydrogen) atoms. The molecule has 0 unspecified atom stereocenters. The van der Waals surface area contributed by atoms with Crippen molar-refractivity contribution < 1.29 is 19.0 Å². The van der Waals surface area contributed by atoms with Gasteiger partial charge in [0.2, 0.25) is 0 Å². The van der Waals surface area contributed by atoms with Crippen LogP contribution in [0.2, 0.25) is 0 Å². The van der Waals surface area contributed by atoms with Crippen LogP contribution in [0, 0.1) is 11.6 Å². The molecule has 0 amide bonds. The van der Waals surface area contributed by atoms with Crippen LogP contribution in [0.25, 0.3) is 0 Å². The summed E-state index contributed by atoms with van der Waals surface area (Å²) < 4.78 is 27.7. The molecule has 0 radical (unpaired) electrons. The normalized spacial score (nSPS) is 18.5. The molecule has 1 aliphatic carbocycles. The molecule has 1 fully saturated rings. The summed E-state index contributed by atoms with van der Waals surface area (Å²) in [5.74, 6) is -3.49. The van der Waals surface area contributed by atoms with Crippen LogP contribution < -0.4 is 5.73 Å². The topological polar surface area (TPSA) is 66.5 Å². The lowest BCUT2D eigenvalue weighted by molar-refractivity contribution is 0.351. The van der Waals surface area contributed by atoms with Crippen LogP contribution >= 0.6 is 0 Å². The Balaban J connectivity index is 2.65. The van der Waals surface area contributed by atoms with Gasteiger partial charge in [-0.1, -0.05) is 12.8 Å². The Labute approximate surface area is 97.9 Å². The maximum absolute atomic E-state index is 13.9. The Hall–Kier alpha value is -1.36. The Kier molecular flexibility index (Phi) is 2.95. The molecular weight excluding hydrogens is 228 g/mol. The summed E-state index contributed by atoms with van der Waals surface area (Å²) >= 11 is 0. The summed E-state index contributed by atoms with van der Waals surface area (Å²) in [7, 11) is 0. The van der Waals surface area contributed by atoms with E-state index in [0.717, 1.165) is 12.8 Å². The highest BCUT2D eigenvalue weighted by molar-refractivity contribution is 5.44. The third-order valence-electron chi connectivity index (χ3n) is 3.64. The number of hydrogen-bond acceptors (Lipinski definition) is 3. The average molecular weight is 243 g/mol. The van der Waals surface area contributed by atoms with Crippen molar-refractivity contribution in [2.75, 3.05) is 6.54 Å². The molecule has 1 aromatic carbocycles. The number of hydrogen-bond donors (Lipinski definition) is 3.